The van der Waals surface area contributed by atoms with Gasteiger partial charge in [-0.05, 0) is 33.3 Å². The molecule has 21 heavy (non-hydrogen) atoms. The molecule has 0 spiro atoms. The number of carbonyl (C=O) groups is 2. The lowest BCUT2D eigenvalue weighted by Gasteiger charge is -2.24. The molecule has 1 aromatic carbocycles. The predicted octanol–water partition coefficient (Wildman–Crippen LogP) is 2.22. The van der Waals surface area contributed by atoms with E-state index in [-0.39, 0.29) is 6.54 Å². The van der Waals surface area contributed by atoms with Gasteiger partial charge in [0.1, 0.15) is 11.6 Å². The van der Waals surface area contributed by atoms with E-state index in [4.69, 9.17) is 9.47 Å². The van der Waals surface area contributed by atoms with Crippen molar-refractivity contribution in [3.8, 4) is 0 Å². The van der Waals surface area contributed by atoms with Crippen LogP contribution >= 0.6 is 0 Å². The average Bonchev–Trinajstić information content (AvgIpc) is 2.38. The Morgan fingerprint density at radius 1 is 1.19 bits per heavy atom. The van der Waals surface area contributed by atoms with E-state index in [1.807, 2.05) is 30.3 Å². The van der Waals surface area contributed by atoms with Crippen molar-refractivity contribution in [3.63, 3.8) is 0 Å². The SMILES string of the molecule is CCOC(=O)CNC(C(=O)OC(C)(C)C)c1ccccc1. The highest BCUT2D eigenvalue weighted by molar-refractivity contribution is 5.79. The number of carbonyl (C=O) groups excluding carboxylic acids is 2. The Morgan fingerprint density at radius 2 is 1.81 bits per heavy atom. The van der Waals surface area contributed by atoms with Gasteiger partial charge in [0.05, 0.1) is 13.2 Å². The lowest BCUT2D eigenvalue weighted by atomic mass is 10.1. The van der Waals surface area contributed by atoms with Gasteiger partial charge in [-0.1, -0.05) is 30.3 Å². The fourth-order valence-corrected chi connectivity index (χ4v) is 1.74. The number of hydrogen-bond donors (Lipinski definition) is 1. The zero-order valence-corrected chi connectivity index (χ0v) is 13.0. The van der Waals surface area contributed by atoms with Gasteiger partial charge in [0.25, 0.3) is 0 Å². The quantitative estimate of drug-likeness (QED) is 0.815. The molecular formula is C16H23NO4. The summed E-state index contributed by atoms with van der Waals surface area (Å²) >= 11 is 0. The van der Waals surface area contributed by atoms with E-state index < -0.39 is 23.6 Å². The third kappa shape index (κ3) is 6.40. The molecule has 0 aliphatic rings. The summed E-state index contributed by atoms with van der Waals surface area (Å²) in [7, 11) is 0. The van der Waals surface area contributed by atoms with Crippen LogP contribution in [-0.4, -0.2) is 30.7 Å². The van der Waals surface area contributed by atoms with Crippen LogP contribution in [0.15, 0.2) is 30.3 Å². The molecule has 0 fully saturated rings. The van der Waals surface area contributed by atoms with Crippen molar-refractivity contribution in [1.82, 2.24) is 5.32 Å². The van der Waals surface area contributed by atoms with Gasteiger partial charge in [0, 0.05) is 0 Å². The monoisotopic (exact) mass is 293 g/mol. The Hall–Kier alpha value is -1.88. The topological polar surface area (TPSA) is 64.6 Å². The zero-order chi connectivity index (χ0) is 15.9. The van der Waals surface area contributed by atoms with Crippen molar-refractivity contribution in [2.24, 2.45) is 0 Å². The number of esters is 2. The minimum atomic E-state index is -0.699. The van der Waals surface area contributed by atoms with Gasteiger partial charge in [-0.25, -0.2) is 4.79 Å². The number of benzene rings is 1. The van der Waals surface area contributed by atoms with Gasteiger partial charge in [-0.3, -0.25) is 10.1 Å². The van der Waals surface area contributed by atoms with Crippen molar-refractivity contribution in [3.05, 3.63) is 35.9 Å². The molecule has 5 nitrogen and oxygen atoms in total. The number of rotatable bonds is 6. The van der Waals surface area contributed by atoms with E-state index >= 15 is 0 Å². The van der Waals surface area contributed by atoms with E-state index in [1.54, 1.807) is 27.7 Å². The molecule has 0 aliphatic heterocycles. The number of nitrogens with one attached hydrogen (secondary N) is 1. The molecule has 0 heterocycles. The molecule has 1 atom stereocenters. The van der Waals surface area contributed by atoms with Crippen LogP contribution in [-0.2, 0) is 19.1 Å². The minimum Gasteiger partial charge on any atom is -0.465 e. The molecule has 0 saturated carbocycles. The maximum atomic E-state index is 12.3. The van der Waals surface area contributed by atoms with Crippen molar-refractivity contribution in [2.75, 3.05) is 13.2 Å². The Balaban J connectivity index is 2.80. The van der Waals surface area contributed by atoms with Crippen molar-refractivity contribution in [2.45, 2.75) is 39.3 Å². The normalized spacial score (nSPS) is 12.6. The molecule has 0 aliphatic carbocycles. The summed E-state index contributed by atoms with van der Waals surface area (Å²) < 4.78 is 10.2. The first-order chi connectivity index (χ1) is 9.83. The second kappa shape index (κ2) is 7.78. The molecule has 1 rings (SSSR count). The van der Waals surface area contributed by atoms with E-state index in [0.717, 1.165) is 5.56 Å². The summed E-state index contributed by atoms with van der Waals surface area (Å²) in [5.74, 6) is -0.819. The van der Waals surface area contributed by atoms with Gasteiger partial charge >= 0.3 is 11.9 Å². The Morgan fingerprint density at radius 3 is 2.33 bits per heavy atom. The third-order valence-corrected chi connectivity index (χ3v) is 2.53. The molecule has 116 valence electrons. The summed E-state index contributed by atoms with van der Waals surface area (Å²) in [6, 6.07) is 8.45. The molecule has 0 bridgehead atoms. The molecule has 0 amide bonds. The lowest BCUT2D eigenvalue weighted by molar-refractivity contribution is -0.158. The van der Waals surface area contributed by atoms with Crippen LogP contribution in [0.1, 0.15) is 39.3 Å². The number of ether oxygens (including phenoxy) is 2. The highest BCUT2D eigenvalue weighted by Gasteiger charge is 2.26. The maximum absolute atomic E-state index is 12.3. The summed E-state index contributed by atoms with van der Waals surface area (Å²) in [6.07, 6.45) is 0. The largest absolute Gasteiger partial charge is 0.465 e. The molecule has 5 heteroatoms. The van der Waals surface area contributed by atoms with Crippen LogP contribution in [0.5, 0.6) is 0 Å². The van der Waals surface area contributed by atoms with Gasteiger partial charge in [0.15, 0.2) is 0 Å². The van der Waals surface area contributed by atoms with Crippen molar-refractivity contribution < 1.29 is 19.1 Å². The second-order valence-corrected chi connectivity index (χ2v) is 5.56. The Labute approximate surface area is 125 Å². The van der Waals surface area contributed by atoms with Gasteiger partial charge in [-0.2, -0.15) is 0 Å². The summed E-state index contributed by atoms with van der Waals surface area (Å²) in [4.78, 5) is 23.7. The van der Waals surface area contributed by atoms with Crippen molar-refractivity contribution in [1.29, 1.82) is 0 Å². The van der Waals surface area contributed by atoms with E-state index in [9.17, 15) is 9.59 Å². The van der Waals surface area contributed by atoms with Crippen LogP contribution in [0.3, 0.4) is 0 Å². The molecule has 1 aromatic rings. The van der Waals surface area contributed by atoms with Gasteiger partial charge in [-0.15, -0.1) is 0 Å². The van der Waals surface area contributed by atoms with Crippen LogP contribution < -0.4 is 5.32 Å². The highest BCUT2D eigenvalue weighted by atomic mass is 16.6. The van der Waals surface area contributed by atoms with Gasteiger partial charge < -0.3 is 9.47 Å². The minimum absolute atomic E-state index is 0.0490. The summed E-state index contributed by atoms with van der Waals surface area (Å²) in [5.41, 5.74) is 0.159. The Kier molecular flexibility index (Phi) is 6.37. The first kappa shape index (κ1) is 17.2. The molecule has 0 saturated heterocycles. The standard InChI is InChI=1S/C16H23NO4/c1-5-20-13(18)11-17-14(12-9-7-6-8-10-12)15(19)21-16(2,3)4/h6-10,14,17H,5,11H2,1-4H3. The third-order valence-electron chi connectivity index (χ3n) is 2.53. The zero-order valence-electron chi connectivity index (χ0n) is 13.0. The second-order valence-electron chi connectivity index (χ2n) is 5.56. The Bertz CT molecular complexity index is 465. The average molecular weight is 293 g/mol. The van der Waals surface area contributed by atoms with E-state index in [2.05, 4.69) is 5.32 Å². The van der Waals surface area contributed by atoms with Crippen LogP contribution in [0, 0.1) is 0 Å². The summed E-state index contributed by atoms with van der Waals surface area (Å²) in [5, 5.41) is 2.89. The summed E-state index contributed by atoms with van der Waals surface area (Å²) in [6.45, 7) is 7.41. The molecule has 0 aromatic heterocycles. The van der Waals surface area contributed by atoms with Crippen LogP contribution in [0.4, 0.5) is 0 Å². The van der Waals surface area contributed by atoms with E-state index in [1.165, 1.54) is 0 Å². The highest BCUT2D eigenvalue weighted by Crippen LogP contribution is 2.18. The molecular weight excluding hydrogens is 270 g/mol. The lowest BCUT2D eigenvalue weighted by Crippen LogP contribution is -2.37. The number of hydrogen-bond acceptors (Lipinski definition) is 5. The molecule has 1 N–H and O–H groups in total. The smallest absolute Gasteiger partial charge is 0.328 e. The van der Waals surface area contributed by atoms with Gasteiger partial charge in [0.2, 0.25) is 0 Å². The fraction of sp³-hybridized carbons (Fsp3) is 0.500. The van der Waals surface area contributed by atoms with Crippen LogP contribution in [0.25, 0.3) is 0 Å². The first-order valence-corrected chi connectivity index (χ1v) is 7.00. The van der Waals surface area contributed by atoms with Crippen molar-refractivity contribution >= 4 is 11.9 Å². The maximum Gasteiger partial charge on any atom is 0.328 e. The predicted molar refractivity (Wildman–Crippen MR) is 79.7 cm³/mol. The molecule has 1 unspecified atom stereocenters. The van der Waals surface area contributed by atoms with E-state index in [0.29, 0.717) is 6.61 Å². The first-order valence-electron chi connectivity index (χ1n) is 7.00. The van der Waals surface area contributed by atoms with Crippen LogP contribution in [0.2, 0.25) is 0 Å². The fourth-order valence-electron chi connectivity index (χ4n) is 1.74. The molecule has 0 radical (unpaired) electrons.